The van der Waals surface area contributed by atoms with Crippen molar-refractivity contribution in [1.29, 1.82) is 0 Å². The number of anilines is 3. The third-order valence-electron chi connectivity index (χ3n) is 5.86. The highest BCUT2D eigenvalue weighted by Gasteiger charge is 2.58. The average molecular weight is 442 g/mol. The Hall–Kier alpha value is -2.59. The summed E-state index contributed by atoms with van der Waals surface area (Å²) in [7, 11) is 2.13. The topological polar surface area (TPSA) is 67.1 Å². The quantitative estimate of drug-likeness (QED) is 0.342. The van der Waals surface area contributed by atoms with Gasteiger partial charge in [0.05, 0.1) is 21.2 Å². The van der Waals surface area contributed by atoms with Crippen LogP contribution in [0.5, 0.6) is 0 Å². The van der Waals surface area contributed by atoms with E-state index in [0.717, 1.165) is 25.1 Å². The Morgan fingerprint density at radius 3 is 2.90 bits per heavy atom. The van der Waals surface area contributed by atoms with Crippen LogP contribution in [0.15, 0.2) is 30.6 Å². The molecule has 152 valence electrons. The monoisotopic (exact) mass is 441 g/mol. The van der Waals surface area contributed by atoms with Crippen LogP contribution in [0.2, 0.25) is 10.0 Å². The number of nitrogen functional groups attached to an aromatic ring is 1. The highest BCUT2D eigenvalue weighted by Crippen LogP contribution is 2.56. The van der Waals surface area contributed by atoms with E-state index in [1.807, 2.05) is 6.07 Å². The van der Waals surface area contributed by atoms with Gasteiger partial charge in [-0.2, -0.15) is 0 Å². The normalized spacial score (nSPS) is 22.5. The highest BCUT2D eigenvalue weighted by molar-refractivity contribution is 6.42. The van der Waals surface area contributed by atoms with E-state index >= 15 is 0 Å². The van der Waals surface area contributed by atoms with Gasteiger partial charge in [-0.1, -0.05) is 35.0 Å². The van der Waals surface area contributed by atoms with Crippen molar-refractivity contribution in [1.82, 2.24) is 14.9 Å². The molecular weight excluding hydrogens is 424 g/mol. The number of halogens is 3. The van der Waals surface area contributed by atoms with Crippen LogP contribution in [0, 0.1) is 29.0 Å². The molecule has 1 aliphatic heterocycles. The van der Waals surface area contributed by atoms with Gasteiger partial charge in [0.15, 0.2) is 5.82 Å². The Labute approximate surface area is 183 Å². The van der Waals surface area contributed by atoms with Gasteiger partial charge in [-0.05, 0) is 43.7 Å². The Kier molecular flexibility index (Phi) is 4.51. The van der Waals surface area contributed by atoms with Gasteiger partial charge in [-0.3, -0.25) is 0 Å². The summed E-state index contributed by atoms with van der Waals surface area (Å²) in [5.74, 6) is 7.15. The molecule has 3 N–H and O–H groups in total. The van der Waals surface area contributed by atoms with Gasteiger partial charge in [0, 0.05) is 35.1 Å². The zero-order valence-corrected chi connectivity index (χ0v) is 17.7. The third-order valence-corrected chi connectivity index (χ3v) is 6.64. The lowest BCUT2D eigenvalue weighted by molar-refractivity contribution is 0.360. The Bertz CT molecular complexity index is 1250. The molecule has 0 spiro atoms. The van der Waals surface area contributed by atoms with Crippen molar-refractivity contribution in [2.24, 2.45) is 11.3 Å². The minimum atomic E-state index is -0.647. The molecule has 0 radical (unpaired) electrons. The van der Waals surface area contributed by atoms with E-state index in [1.165, 1.54) is 18.5 Å². The average Bonchev–Trinajstić information content (AvgIpc) is 3.28. The van der Waals surface area contributed by atoms with Gasteiger partial charge in [0.1, 0.15) is 12.1 Å². The molecule has 2 aliphatic rings. The summed E-state index contributed by atoms with van der Waals surface area (Å²) in [5, 5.41) is 3.62. The molecule has 8 heteroatoms. The van der Waals surface area contributed by atoms with Crippen LogP contribution in [-0.4, -0.2) is 35.0 Å². The van der Waals surface area contributed by atoms with Crippen molar-refractivity contribution < 1.29 is 4.39 Å². The summed E-state index contributed by atoms with van der Waals surface area (Å²) >= 11 is 11.8. The number of fused-ring (bicyclic) bond motifs is 2. The third kappa shape index (κ3) is 3.24. The molecule has 0 bridgehead atoms. The summed E-state index contributed by atoms with van der Waals surface area (Å²) in [5.41, 5.74) is 8.49. The number of hydrogen-bond donors (Lipinski definition) is 2. The SMILES string of the molecule is CN1C[C@@H]2C[C@]2(C#Cc2cc3ncnc(Nc4ccc(Cl)c(Cl)c4F)c3cc2N)C1. The molecule has 2 atom stereocenters. The molecule has 30 heavy (non-hydrogen) atoms. The number of hydrogen-bond acceptors (Lipinski definition) is 5. The summed E-state index contributed by atoms with van der Waals surface area (Å²) in [6.45, 7) is 2.11. The second kappa shape index (κ2) is 6.98. The van der Waals surface area contributed by atoms with Crippen LogP contribution in [-0.2, 0) is 0 Å². The largest absolute Gasteiger partial charge is 0.398 e. The molecule has 0 unspecified atom stereocenters. The van der Waals surface area contributed by atoms with E-state index in [2.05, 4.69) is 39.1 Å². The molecule has 1 saturated heterocycles. The molecule has 1 saturated carbocycles. The van der Waals surface area contributed by atoms with Crippen LogP contribution in [0.1, 0.15) is 12.0 Å². The first-order valence-corrected chi connectivity index (χ1v) is 10.3. The standard InChI is InChI=1S/C22H18Cl2FN5/c1-30-9-13-8-22(13,10-30)5-4-12-6-18-14(7-16(12)26)21(28-11-27-18)29-17-3-2-15(23)19(24)20(17)25/h2-3,6-7,11,13H,8-10,26H2,1H3,(H,27,28,29)/t13-,22+/m0/s1. The molecule has 1 aliphatic carbocycles. The van der Waals surface area contributed by atoms with Crippen molar-refractivity contribution in [3.63, 3.8) is 0 Å². The first-order valence-electron chi connectivity index (χ1n) is 9.53. The first kappa shape index (κ1) is 19.4. The summed E-state index contributed by atoms with van der Waals surface area (Å²) in [6.07, 6.45) is 2.57. The number of nitrogens with two attached hydrogens (primary N) is 1. The molecule has 2 fully saturated rings. The zero-order valence-electron chi connectivity index (χ0n) is 16.1. The second-order valence-electron chi connectivity index (χ2n) is 8.03. The summed E-state index contributed by atoms with van der Waals surface area (Å²) in [4.78, 5) is 10.9. The smallest absolute Gasteiger partial charge is 0.166 e. The van der Waals surface area contributed by atoms with Crippen molar-refractivity contribution in [3.8, 4) is 11.8 Å². The number of likely N-dealkylation sites (tertiary alicyclic amines) is 1. The second-order valence-corrected chi connectivity index (χ2v) is 8.82. The maximum atomic E-state index is 14.4. The van der Waals surface area contributed by atoms with Gasteiger partial charge >= 0.3 is 0 Å². The number of benzene rings is 2. The number of nitrogens with zero attached hydrogens (tertiary/aromatic N) is 3. The Morgan fingerprint density at radius 1 is 1.30 bits per heavy atom. The van der Waals surface area contributed by atoms with Crippen molar-refractivity contribution in [3.05, 3.63) is 52.0 Å². The van der Waals surface area contributed by atoms with Gasteiger partial charge in [0.2, 0.25) is 0 Å². The van der Waals surface area contributed by atoms with Gasteiger partial charge in [0.25, 0.3) is 0 Å². The minimum Gasteiger partial charge on any atom is -0.398 e. The van der Waals surface area contributed by atoms with E-state index in [4.69, 9.17) is 28.9 Å². The summed E-state index contributed by atoms with van der Waals surface area (Å²) in [6, 6.07) is 6.64. The van der Waals surface area contributed by atoms with Crippen LogP contribution in [0.3, 0.4) is 0 Å². The first-order chi connectivity index (χ1) is 14.4. The number of piperidine rings is 1. The lowest BCUT2D eigenvalue weighted by atomic mass is 10.0. The van der Waals surface area contributed by atoms with E-state index in [1.54, 1.807) is 6.07 Å². The lowest BCUT2D eigenvalue weighted by Gasteiger charge is -2.12. The fraction of sp³-hybridized carbons (Fsp3) is 0.273. The predicted molar refractivity (Wildman–Crippen MR) is 119 cm³/mol. The van der Waals surface area contributed by atoms with E-state index in [0.29, 0.717) is 28.3 Å². The predicted octanol–water partition coefficient (Wildman–Crippen LogP) is 4.70. The minimum absolute atomic E-state index is 0.111. The van der Waals surface area contributed by atoms with E-state index in [-0.39, 0.29) is 21.1 Å². The molecule has 5 rings (SSSR count). The molecule has 3 aromatic rings. The van der Waals surface area contributed by atoms with Gasteiger partial charge in [-0.25, -0.2) is 14.4 Å². The maximum Gasteiger partial charge on any atom is 0.166 e. The Morgan fingerprint density at radius 2 is 2.13 bits per heavy atom. The molecule has 5 nitrogen and oxygen atoms in total. The highest BCUT2D eigenvalue weighted by atomic mass is 35.5. The lowest BCUT2D eigenvalue weighted by Crippen LogP contribution is -2.19. The summed E-state index contributed by atoms with van der Waals surface area (Å²) < 4.78 is 14.4. The van der Waals surface area contributed by atoms with Crippen molar-refractivity contribution in [2.75, 3.05) is 31.2 Å². The van der Waals surface area contributed by atoms with Crippen LogP contribution < -0.4 is 11.1 Å². The van der Waals surface area contributed by atoms with Gasteiger partial charge < -0.3 is 16.0 Å². The van der Waals surface area contributed by atoms with E-state index in [9.17, 15) is 4.39 Å². The Balaban J connectivity index is 1.50. The van der Waals surface area contributed by atoms with Crippen LogP contribution in [0.4, 0.5) is 21.6 Å². The van der Waals surface area contributed by atoms with Gasteiger partial charge in [-0.15, -0.1) is 0 Å². The maximum absolute atomic E-state index is 14.4. The van der Waals surface area contributed by atoms with Crippen LogP contribution in [0.25, 0.3) is 10.9 Å². The molecular formula is C22H18Cl2FN5. The number of aromatic nitrogens is 2. The molecule has 2 aromatic carbocycles. The zero-order chi connectivity index (χ0) is 21.0. The molecule has 1 aromatic heterocycles. The fourth-order valence-electron chi connectivity index (χ4n) is 4.20. The molecule has 2 heterocycles. The molecule has 0 amide bonds. The fourth-order valence-corrected chi connectivity index (χ4v) is 4.51. The van der Waals surface area contributed by atoms with Crippen molar-refractivity contribution in [2.45, 2.75) is 6.42 Å². The number of nitrogens with one attached hydrogen (secondary N) is 1. The van der Waals surface area contributed by atoms with Crippen LogP contribution >= 0.6 is 23.2 Å². The van der Waals surface area contributed by atoms with Crippen molar-refractivity contribution >= 4 is 51.3 Å². The van der Waals surface area contributed by atoms with E-state index < -0.39 is 5.82 Å². The number of rotatable bonds is 2.